The van der Waals surface area contributed by atoms with Crippen LogP contribution in [0, 0.1) is 0 Å². The normalized spacial score (nSPS) is 10.3. The number of amides is 2. The highest BCUT2D eigenvalue weighted by Crippen LogP contribution is 2.27. The monoisotopic (exact) mass is 399 g/mol. The molecule has 2 aromatic carbocycles. The van der Waals surface area contributed by atoms with Crippen LogP contribution in [0.2, 0.25) is 0 Å². The Balaban J connectivity index is 1.84. The maximum Gasteiger partial charge on any atom is 0.331 e. The summed E-state index contributed by atoms with van der Waals surface area (Å²) in [4.78, 5) is 35.5. The van der Waals surface area contributed by atoms with E-state index < -0.39 is 24.4 Å². The molecule has 8 heteroatoms. The van der Waals surface area contributed by atoms with Crippen LogP contribution < -0.4 is 19.5 Å². The number of hydrogen-bond acceptors (Lipinski definition) is 7. The Bertz CT molecular complexity index is 904. The quantitative estimate of drug-likeness (QED) is 0.537. The highest BCUT2D eigenvalue weighted by Gasteiger charge is 2.12. The highest BCUT2D eigenvalue weighted by atomic mass is 16.5. The van der Waals surface area contributed by atoms with E-state index in [4.69, 9.17) is 18.9 Å². The molecule has 2 amide bonds. The van der Waals surface area contributed by atoms with Crippen molar-refractivity contribution in [1.82, 2.24) is 5.32 Å². The molecule has 0 aliphatic carbocycles. The van der Waals surface area contributed by atoms with Crippen LogP contribution in [0.25, 0.3) is 6.08 Å². The van der Waals surface area contributed by atoms with Gasteiger partial charge in [-0.25, -0.2) is 4.79 Å². The van der Waals surface area contributed by atoms with Crippen molar-refractivity contribution < 1.29 is 33.3 Å². The molecule has 0 spiro atoms. The Kier molecular flexibility index (Phi) is 7.78. The van der Waals surface area contributed by atoms with Crippen LogP contribution in [-0.4, -0.2) is 45.7 Å². The van der Waals surface area contributed by atoms with Gasteiger partial charge in [-0.2, -0.15) is 0 Å². The second-order valence-corrected chi connectivity index (χ2v) is 5.66. The number of imide groups is 1. The maximum atomic E-state index is 12.0. The van der Waals surface area contributed by atoms with Crippen LogP contribution in [0.3, 0.4) is 0 Å². The van der Waals surface area contributed by atoms with E-state index in [1.54, 1.807) is 30.3 Å². The second-order valence-electron chi connectivity index (χ2n) is 5.66. The van der Waals surface area contributed by atoms with Gasteiger partial charge in [0.05, 0.1) is 21.3 Å². The Labute approximate surface area is 168 Å². The van der Waals surface area contributed by atoms with Crippen molar-refractivity contribution in [2.45, 2.75) is 0 Å². The molecule has 8 nitrogen and oxygen atoms in total. The summed E-state index contributed by atoms with van der Waals surface area (Å²) in [5, 5.41) is 2.14. The van der Waals surface area contributed by atoms with Gasteiger partial charge in [-0.15, -0.1) is 0 Å². The number of methoxy groups -OCH3 is 3. The number of rotatable bonds is 8. The molecule has 0 saturated carbocycles. The fraction of sp³-hybridized carbons (Fsp3) is 0.190. The first kappa shape index (κ1) is 21.5. The van der Waals surface area contributed by atoms with Crippen molar-refractivity contribution in [3.63, 3.8) is 0 Å². The minimum absolute atomic E-state index is 0.277. The van der Waals surface area contributed by atoms with E-state index in [0.717, 1.165) is 0 Å². The summed E-state index contributed by atoms with van der Waals surface area (Å²) < 4.78 is 20.2. The largest absolute Gasteiger partial charge is 0.497 e. The predicted molar refractivity (Wildman–Crippen MR) is 105 cm³/mol. The van der Waals surface area contributed by atoms with Crippen LogP contribution in [0.4, 0.5) is 0 Å². The van der Waals surface area contributed by atoms with E-state index in [9.17, 15) is 14.4 Å². The summed E-state index contributed by atoms with van der Waals surface area (Å²) in [5.74, 6) is -0.409. The van der Waals surface area contributed by atoms with Crippen molar-refractivity contribution in [2.75, 3.05) is 27.9 Å². The first-order valence-electron chi connectivity index (χ1n) is 8.52. The van der Waals surface area contributed by atoms with Crippen molar-refractivity contribution in [3.8, 4) is 17.2 Å². The zero-order valence-electron chi connectivity index (χ0n) is 16.3. The average Bonchev–Trinajstić information content (AvgIpc) is 2.75. The standard InChI is InChI=1S/C21H21NO7/c1-26-16-8-6-15(7-9-16)21(25)22-19(23)13-29-20(24)11-5-14-4-10-17(27-2)18(12-14)28-3/h4-12H,13H2,1-3H3,(H,22,23,25)/b11-5+. The molecule has 1 N–H and O–H groups in total. The predicted octanol–water partition coefficient (Wildman–Crippen LogP) is 2.23. The zero-order chi connectivity index (χ0) is 21.2. The molecule has 2 aromatic rings. The molecule has 2 rings (SSSR count). The lowest BCUT2D eigenvalue weighted by atomic mass is 10.2. The molecular formula is C21H21NO7. The molecule has 0 fully saturated rings. The van der Waals surface area contributed by atoms with E-state index in [0.29, 0.717) is 22.8 Å². The molecule has 0 radical (unpaired) electrons. The van der Waals surface area contributed by atoms with Gasteiger partial charge in [0.1, 0.15) is 5.75 Å². The van der Waals surface area contributed by atoms with Crippen molar-refractivity contribution in [3.05, 3.63) is 59.7 Å². The van der Waals surface area contributed by atoms with E-state index in [2.05, 4.69) is 5.32 Å². The minimum Gasteiger partial charge on any atom is -0.497 e. The number of ether oxygens (including phenoxy) is 4. The number of hydrogen-bond donors (Lipinski definition) is 1. The first-order valence-corrected chi connectivity index (χ1v) is 8.52. The van der Waals surface area contributed by atoms with Crippen molar-refractivity contribution >= 4 is 23.9 Å². The molecule has 152 valence electrons. The summed E-state index contributed by atoms with van der Waals surface area (Å²) in [6.07, 6.45) is 2.67. The van der Waals surface area contributed by atoms with Gasteiger partial charge in [-0.1, -0.05) is 6.07 Å². The van der Waals surface area contributed by atoms with E-state index >= 15 is 0 Å². The Morgan fingerprint density at radius 1 is 0.897 bits per heavy atom. The first-order chi connectivity index (χ1) is 14.0. The van der Waals surface area contributed by atoms with Crippen LogP contribution in [0.1, 0.15) is 15.9 Å². The Morgan fingerprint density at radius 3 is 2.21 bits per heavy atom. The topological polar surface area (TPSA) is 100 Å². The van der Waals surface area contributed by atoms with Crippen molar-refractivity contribution in [2.24, 2.45) is 0 Å². The molecule has 0 aliphatic rings. The molecule has 0 saturated heterocycles. The zero-order valence-corrected chi connectivity index (χ0v) is 16.3. The van der Waals surface area contributed by atoms with Gasteiger partial charge < -0.3 is 18.9 Å². The number of esters is 1. The fourth-order valence-corrected chi connectivity index (χ4v) is 2.28. The third kappa shape index (κ3) is 6.39. The Morgan fingerprint density at radius 2 is 1.59 bits per heavy atom. The van der Waals surface area contributed by atoms with E-state index in [-0.39, 0.29) is 5.56 Å². The summed E-state index contributed by atoms with van der Waals surface area (Å²) in [7, 11) is 4.53. The molecule has 0 bridgehead atoms. The molecular weight excluding hydrogens is 378 g/mol. The average molecular weight is 399 g/mol. The molecule has 0 atom stereocenters. The Hall–Kier alpha value is -3.81. The van der Waals surface area contributed by atoms with E-state index in [1.807, 2.05) is 0 Å². The summed E-state index contributed by atoms with van der Waals surface area (Å²) in [6, 6.07) is 11.3. The van der Waals surface area contributed by atoms with Gasteiger partial charge in [0.15, 0.2) is 18.1 Å². The number of nitrogens with one attached hydrogen (secondary N) is 1. The van der Waals surface area contributed by atoms with Gasteiger partial charge in [0.2, 0.25) is 0 Å². The van der Waals surface area contributed by atoms with Crippen LogP contribution in [0.15, 0.2) is 48.5 Å². The molecule has 0 aromatic heterocycles. The number of benzene rings is 2. The molecule has 0 heterocycles. The minimum atomic E-state index is -0.737. The lowest BCUT2D eigenvalue weighted by molar-refractivity contribution is -0.143. The van der Waals surface area contributed by atoms with Gasteiger partial charge in [0, 0.05) is 11.6 Å². The van der Waals surface area contributed by atoms with Gasteiger partial charge in [-0.05, 0) is 48.0 Å². The van der Waals surface area contributed by atoms with Gasteiger partial charge >= 0.3 is 5.97 Å². The molecule has 0 unspecified atom stereocenters. The van der Waals surface area contributed by atoms with Gasteiger partial charge in [-0.3, -0.25) is 14.9 Å². The maximum absolute atomic E-state index is 12.0. The van der Waals surface area contributed by atoms with Crippen molar-refractivity contribution in [1.29, 1.82) is 0 Å². The summed E-state index contributed by atoms with van der Waals surface area (Å²) in [5.41, 5.74) is 0.956. The molecule has 29 heavy (non-hydrogen) atoms. The smallest absolute Gasteiger partial charge is 0.331 e. The second kappa shape index (κ2) is 10.5. The fourth-order valence-electron chi connectivity index (χ4n) is 2.28. The highest BCUT2D eigenvalue weighted by molar-refractivity contribution is 6.05. The lowest BCUT2D eigenvalue weighted by Gasteiger charge is -2.07. The van der Waals surface area contributed by atoms with E-state index in [1.165, 1.54) is 45.6 Å². The van der Waals surface area contributed by atoms with Crippen LogP contribution in [0.5, 0.6) is 17.2 Å². The van der Waals surface area contributed by atoms with Gasteiger partial charge in [0.25, 0.3) is 11.8 Å². The van der Waals surface area contributed by atoms with Crippen LogP contribution >= 0.6 is 0 Å². The summed E-state index contributed by atoms with van der Waals surface area (Å²) >= 11 is 0. The number of carbonyl (C=O) groups excluding carboxylic acids is 3. The molecule has 0 aliphatic heterocycles. The third-order valence-corrected chi connectivity index (χ3v) is 3.77. The third-order valence-electron chi connectivity index (χ3n) is 3.77. The lowest BCUT2D eigenvalue weighted by Crippen LogP contribution is -2.34. The number of carbonyl (C=O) groups is 3. The SMILES string of the molecule is COc1ccc(C(=O)NC(=O)COC(=O)/C=C/c2ccc(OC)c(OC)c2)cc1. The van der Waals surface area contributed by atoms with Crippen LogP contribution in [-0.2, 0) is 14.3 Å². The summed E-state index contributed by atoms with van der Waals surface area (Å²) in [6.45, 7) is -0.586.